The lowest BCUT2D eigenvalue weighted by molar-refractivity contribution is -0.122. The van der Waals surface area contributed by atoms with E-state index in [1.54, 1.807) is 0 Å². The van der Waals surface area contributed by atoms with Crippen LogP contribution < -0.4 is 5.73 Å². The van der Waals surface area contributed by atoms with E-state index in [9.17, 15) is 9.59 Å². The van der Waals surface area contributed by atoms with Gasteiger partial charge in [-0.25, -0.2) is 0 Å². The zero-order valence-electron chi connectivity index (χ0n) is 17.1. The first-order valence-corrected chi connectivity index (χ1v) is 9.52. The smallest absolute Gasteiger partial charge is 0.218 e. The Morgan fingerprint density at radius 2 is 1.57 bits per heavy atom. The van der Waals surface area contributed by atoms with Gasteiger partial charge in [-0.05, 0) is 17.8 Å². The van der Waals surface area contributed by atoms with Crippen molar-refractivity contribution >= 4 is 12.2 Å². The van der Waals surface area contributed by atoms with Gasteiger partial charge in [0.25, 0.3) is 0 Å². The maximum absolute atomic E-state index is 10.5. The molecular formula is C20H43NO2. The van der Waals surface area contributed by atoms with Gasteiger partial charge in [0.2, 0.25) is 5.91 Å². The summed E-state index contributed by atoms with van der Waals surface area (Å²) in [4.78, 5) is 21.0. The van der Waals surface area contributed by atoms with E-state index in [1.807, 2.05) is 48.5 Å². The second-order valence-electron chi connectivity index (χ2n) is 6.89. The Bertz CT molecular complexity index is 263. The molecule has 1 amide bonds. The molecule has 1 rings (SSSR count). The third kappa shape index (κ3) is 21.1. The van der Waals surface area contributed by atoms with E-state index in [-0.39, 0.29) is 17.8 Å². The van der Waals surface area contributed by atoms with Crippen LogP contribution in [0.4, 0.5) is 0 Å². The predicted molar refractivity (Wildman–Crippen MR) is 102 cm³/mol. The van der Waals surface area contributed by atoms with Gasteiger partial charge in [0.15, 0.2) is 0 Å². The number of hydrogen-bond donors (Lipinski definition) is 1. The Morgan fingerprint density at radius 1 is 1.13 bits per heavy atom. The van der Waals surface area contributed by atoms with Gasteiger partial charge in [0, 0.05) is 12.3 Å². The average Bonchev–Trinajstić information content (AvgIpc) is 3.03. The van der Waals surface area contributed by atoms with E-state index in [4.69, 9.17) is 5.73 Å². The molecule has 0 saturated heterocycles. The number of amides is 1. The van der Waals surface area contributed by atoms with Gasteiger partial charge >= 0.3 is 0 Å². The highest BCUT2D eigenvalue weighted by molar-refractivity contribution is 5.77. The van der Waals surface area contributed by atoms with Crippen LogP contribution in [0.5, 0.6) is 0 Å². The molecular weight excluding hydrogens is 286 g/mol. The van der Waals surface area contributed by atoms with Crippen molar-refractivity contribution in [2.75, 3.05) is 0 Å². The molecule has 0 aliphatic heterocycles. The first-order chi connectivity index (χ1) is 10.8. The number of hydrogen-bond acceptors (Lipinski definition) is 2. The van der Waals surface area contributed by atoms with E-state index in [1.165, 1.54) is 32.1 Å². The summed E-state index contributed by atoms with van der Waals surface area (Å²) in [5.74, 6) is 0.471. The molecule has 0 bridgehead atoms. The number of aldehydes is 1. The first-order valence-electron chi connectivity index (χ1n) is 9.52. The Kier molecular flexibility index (Phi) is 20.5. The first kappa shape index (κ1) is 27.0. The number of primary amides is 1. The van der Waals surface area contributed by atoms with Crippen molar-refractivity contribution in [3.63, 3.8) is 0 Å². The van der Waals surface area contributed by atoms with Gasteiger partial charge in [0.1, 0.15) is 6.29 Å². The fraction of sp³-hybridized carbons (Fsp3) is 0.900. The summed E-state index contributed by atoms with van der Waals surface area (Å²) in [6, 6.07) is 0. The standard InChI is InChI=1S/C9H17NO2.C7H14.2C2H6/c1-9(2,3)5-7(6-11)4-8(10)12;1-2-7-5-3-4-6-7;2*1-2/h6-7H,4-5H2,1-3H3,(H2,10,12);7H,2-6H2,1H3;2*1-2H3. The molecule has 2 N–H and O–H groups in total. The summed E-state index contributed by atoms with van der Waals surface area (Å²) < 4.78 is 0. The largest absolute Gasteiger partial charge is 0.370 e. The minimum Gasteiger partial charge on any atom is -0.370 e. The summed E-state index contributed by atoms with van der Waals surface area (Å²) in [6.07, 6.45) is 9.13. The molecule has 23 heavy (non-hydrogen) atoms. The second-order valence-corrected chi connectivity index (χ2v) is 6.89. The molecule has 1 saturated carbocycles. The molecule has 0 aromatic carbocycles. The van der Waals surface area contributed by atoms with Crippen molar-refractivity contribution in [1.29, 1.82) is 0 Å². The van der Waals surface area contributed by atoms with Crippen molar-refractivity contribution in [2.24, 2.45) is 23.0 Å². The molecule has 1 unspecified atom stereocenters. The molecule has 0 spiro atoms. The minimum absolute atomic E-state index is 0.0705. The lowest BCUT2D eigenvalue weighted by Crippen LogP contribution is -2.21. The van der Waals surface area contributed by atoms with Crippen molar-refractivity contribution in [3.05, 3.63) is 0 Å². The van der Waals surface area contributed by atoms with E-state index in [0.717, 1.165) is 12.2 Å². The number of carbonyl (C=O) groups is 2. The van der Waals surface area contributed by atoms with Gasteiger partial charge < -0.3 is 10.5 Å². The molecule has 140 valence electrons. The summed E-state index contributed by atoms with van der Waals surface area (Å²) in [6.45, 7) is 16.4. The van der Waals surface area contributed by atoms with Gasteiger partial charge in [0.05, 0.1) is 0 Å². The molecule has 1 aliphatic rings. The Morgan fingerprint density at radius 3 is 1.78 bits per heavy atom. The Labute approximate surface area is 145 Å². The van der Waals surface area contributed by atoms with Crippen LogP contribution in [0.2, 0.25) is 0 Å². The highest BCUT2D eigenvalue weighted by Gasteiger charge is 2.19. The van der Waals surface area contributed by atoms with Crippen molar-refractivity contribution in [3.8, 4) is 0 Å². The summed E-state index contributed by atoms with van der Waals surface area (Å²) >= 11 is 0. The molecule has 1 atom stereocenters. The topological polar surface area (TPSA) is 60.2 Å². The van der Waals surface area contributed by atoms with Crippen molar-refractivity contribution < 1.29 is 9.59 Å². The number of rotatable bonds is 5. The zero-order valence-corrected chi connectivity index (χ0v) is 17.1. The van der Waals surface area contributed by atoms with Crippen LogP contribution in [-0.4, -0.2) is 12.2 Å². The maximum Gasteiger partial charge on any atom is 0.218 e. The normalized spacial score (nSPS) is 15.0. The Hall–Kier alpha value is -0.860. The summed E-state index contributed by atoms with van der Waals surface area (Å²) in [5.41, 5.74) is 5.06. The van der Waals surface area contributed by atoms with Crippen LogP contribution in [0.1, 0.15) is 100 Å². The fourth-order valence-electron chi connectivity index (χ4n) is 2.63. The lowest BCUT2D eigenvalue weighted by Gasteiger charge is -2.21. The van der Waals surface area contributed by atoms with Crippen LogP contribution in [0.3, 0.4) is 0 Å². The van der Waals surface area contributed by atoms with E-state index < -0.39 is 5.91 Å². The molecule has 0 aromatic heterocycles. The van der Waals surface area contributed by atoms with Crippen LogP contribution in [0, 0.1) is 17.3 Å². The third-order valence-electron chi connectivity index (χ3n) is 3.58. The molecule has 0 radical (unpaired) electrons. The SMILES string of the molecule is CC.CC.CC(C)(C)CC(C=O)CC(N)=O.CCC1CCCC1. The lowest BCUT2D eigenvalue weighted by atomic mass is 9.84. The third-order valence-corrected chi connectivity index (χ3v) is 3.58. The highest BCUT2D eigenvalue weighted by Crippen LogP contribution is 2.26. The van der Waals surface area contributed by atoms with E-state index in [0.29, 0.717) is 6.42 Å². The molecule has 3 nitrogen and oxygen atoms in total. The monoisotopic (exact) mass is 329 g/mol. The predicted octanol–water partition coefficient (Wildman–Crippen LogP) is 5.75. The second kappa shape index (κ2) is 17.5. The van der Waals surface area contributed by atoms with Gasteiger partial charge in [-0.15, -0.1) is 0 Å². The summed E-state index contributed by atoms with van der Waals surface area (Å²) in [7, 11) is 0. The molecule has 1 aliphatic carbocycles. The van der Waals surface area contributed by atoms with Crippen molar-refractivity contribution in [1.82, 2.24) is 0 Å². The molecule has 0 aromatic rings. The molecule has 3 heteroatoms. The highest BCUT2D eigenvalue weighted by atomic mass is 16.1. The van der Waals surface area contributed by atoms with Gasteiger partial charge in [-0.3, -0.25) is 4.79 Å². The van der Waals surface area contributed by atoms with Gasteiger partial charge in [-0.1, -0.05) is 87.5 Å². The van der Waals surface area contributed by atoms with Crippen LogP contribution in [-0.2, 0) is 9.59 Å². The van der Waals surface area contributed by atoms with Crippen LogP contribution in [0.25, 0.3) is 0 Å². The number of carbonyl (C=O) groups excluding carboxylic acids is 2. The van der Waals surface area contributed by atoms with Crippen LogP contribution in [0.15, 0.2) is 0 Å². The maximum atomic E-state index is 10.5. The molecule has 0 heterocycles. The van der Waals surface area contributed by atoms with E-state index in [2.05, 4.69) is 6.92 Å². The quantitative estimate of drug-likeness (QED) is 0.652. The van der Waals surface area contributed by atoms with E-state index >= 15 is 0 Å². The number of nitrogens with two attached hydrogens (primary N) is 1. The zero-order chi connectivity index (χ0) is 18.9. The molecule has 1 fully saturated rings. The minimum atomic E-state index is -0.406. The van der Waals surface area contributed by atoms with Crippen LogP contribution >= 0.6 is 0 Å². The average molecular weight is 330 g/mol. The van der Waals surface area contributed by atoms with Crippen molar-refractivity contribution in [2.45, 2.75) is 100 Å². The fourth-order valence-corrected chi connectivity index (χ4v) is 2.63. The summed E-state index contributed by atoms with van der Waals surface area (Å²) in [5, 5.41) is 0. The van der Waals surface area contributed by atoms with Gasteiger partial charge in [-0.2, -0.15) is 0 Å². The Balaban J connectivity index is -0.000000307.